The number of nitro groups is 1. The van der Waals surface area contributed by atoms with Gasteiger partial charge in [-0.1, -0.05) is 55.1 Å². The number of nitrogens with one attached hydrogen (secondary N) is 1. The highest BCUT2D eigenvalue weighted by atomic mass is 32.2. The molecule has 0 spiro atoms. The van der Waals surface area contributed by atoms with Crippen LogP contribution in [0.1, 0.15) is 44.1 Å². The number of rotatable bonds is 5. The normalized spacial score (nSPS) is 15.6. The third-order valence-corrected chi connectivity index (χ3v) is 5.40. The van der Waals surface area contributed by atoms with E-state index in [9.17, 15) is 10.1 Å². The van der Waals surface area contributed by atoms with Gasteiger partial charge in [0.15, 0.2) is 5.03 Å². The zero-order chi connectivity index (χ0) is 17.6. The summed E-state index contributed by atoms with van der Waals surface area (Å²) in [6.07, 6.45) is 8.24. The average molecular weight is 358 g/mol. The van der Waals surface area contributed by atoms with Crippen molar-refractivity contribution in [1.29, 1.82) is 0 Å². The van der Waals surface area contributed by atoms with Crippen molar-refractivity contribution in [3.8, 4) is 0 Å². The number of anilines is 1. The molecule has 0 amide bonds. The Morgan fingerprint density at radius 1 is 1.12 bits per heavy atom. The van der Waals surface area contributed by atoms with Crippen molar-refractivity contribution in [1.82, 2.24) is 9.97 Å². The first kappa shape index (κ1) is 17.7. The Morgan fingerprint density at radius 2 is 1.80 bits per heavy atom. The molecular weight excluding hydrogens is 336 g/mol. The minimum Gasteiger partial charge on any atom is -0.361 e. The van der Waals surface area contributed by atoms with E-state index in [0.717, 1.165) is 36.1 Å². The quantitative estimate of drug-likeness (QED) is 0.351. The maximum absolute atomic E-state index is 11.7. The van der Waals surface area contributed by atoms with Crippen LogP contribution in [0.25, 0.3) is 0 Å². The second-order valence-electron chi connectivity index (χ2n) is 6.38. The van der Waals surface area contributed by atoms with Crippen LogP contribution in [0.2, 0.25) is 0 Å². The molecule has 7 heteroatoms. The summed E-state index contributed by atoms with van der Waals surface area (Å²) in [7, 11) is 0. The molecule has 0 bridgehead atoms. The molecule has 132 valence electrons. The summed E-state index contributed by atoms with van der Waals surface area (Å²) >= 11 is 1.30. The summed E-state index contributed by atoms with van der Waals surface area (Å²) in [5.41, 5.74) is 1.12. The molecule has 0 saturated heterocycles. The summed E-state index contributed by atoms with van der Waals surface area (Å²) in [6.45, 7) is 2.01. The van der Waals surface area contributed by atoms with Crippen LogP contribution in [0.15, 0.2) is 40.5 Å². The number of aromatic nitrogens is 2. The lowest BCUT2D eigenvalue weighted by atomic mass is 10.1. The highest BCUT2D eigenvalue weighted by Gasteiger charge is 2.25. The minimum atomic E-state index is -0.379. The van der Waals surface area contributed by atoms with Gasteiger partial charge in [0.2, 0.25) is 5.82 Å². The Balaban J connectivity index is 1.85. The number of nitrogens with zero attached hydrogens (tertiary/aromatic N) is 3. The Kier molecular flexibility index (Phi) is 5.86. The second kappa shape index (κ2) is 8.29. The molecule has 3 rings (SSSR count). The molecule has 1 N–H and O–H groups in total. The van der Waals surface area contributed by atoms with Crippen molar-refractivity contribution in [2.45, 2.75) is 61.4 Å². The molecule has 6 nitrogen and oxygen atoms in total. The van der Waals surface area contributed by atoms with Crippen molar-refractivity contribution in [2.24, 2.45) is 0 Å². The van der Waals surface area contributed by atoms with E-state index in [1.54, 1.807) is 0 Å². The monoisotopic (exact) mass is 358 g/mol. The van der Waals surface area contributed by atoms with E-state index in [1.807, 2.05) is 31.2 Å². The van der Waals surface area contributed by atoms with E-state index in [0.29, 0.717) is 10.8 Å². The molecule has 1 aliphatic rings. The van der Waals surface area contributed by atoms with Crippen LogP contribution in [0.3, 0.4) is 0 Å². The standard InChI is InChI=1S/C18H22N4O2S/c1-13-8-10-15(11-9-13)25-18-16(22(23)24)17(19-12-20-18)21-14-6-4-2-3-5-7-14/h8-12,14H,2-7H2,1H3,(H,19,20,21). The molecule has 0 aliphatic heterocycles. The smallest absolute Gasteiger partial charge is 0.343 e. The molecule has 1 aromatic carbocycles. The number of benzene rings is 1. The Hall–Kier alpha value is -2.15. The van der Waals surface area contributed by atoms with E-state index >= 15 is 0 Å². The first-order chi connectivity index (χ1) is 12.1. The lowest BCUT2D eigenvalue weighted by Gasteiger charge is -2.17. The minimum absolute atomic E-state index is 0.0303. The first-order valence-electron chi connectivity index (χ1n) is 8.64. The molecule has 0 atom stereocenters. The third-order valence-electron chi connectivity index (χ3n) is 4.40. The summed E-state index contributed by atoms with van der Waals surface area (Å²) < 4.78 is 0. The van der Waals surface area contributed by atoms with Gasteiger partial charge in [0.05, 0.1) is 4.92 Å². The van der Waals surface area contributed by atoms with Crippen molar-refractivity contribution < 1.29 is 4.92 Å². The van der Waals surface area contributed by atoms with Gasteiger partial charge in [-0.15, -0.1) is 0 Å². The Bertz CT molecular complexity index is 728. The maximum Gasteiger partial charge on any atom is 0.343 e. The van der Waals surface area contributed by atoms with Crippen molar-refractivity contribution >= 4 is 23.3 Å². The molecule has 0 radical (unpaired) electrons. The molecule has 1 heterocycles. The molecule has 1 fully saturated rings. The third kappa shape index (κ3) is 4.69. The van der Waals surface area contributed by atoms with E-state index in [1.165, 1.54) is 30.9 Å². The summed E-state index contributed by atoms with van der Waals surface area (Å²) in [4.78, 5) is 20.5. The van der Waals surface area contributed by atoms with Crippen LogP contribution in [0.5, 0.6) is 0 Å². The van der Waals surface area contributed by atoms with Gasteiger partial charge in [-0.05, 0) is 31.9 Å². The highest BCUT2D eigenvalue weighted by molar-refractivity contribution is 7.99. The molecule has 1 aromatic heterocycles. The Morgan fingerprint density at radius 3 is 2.44 bits per heavy atom. The zero-order valence-corrected chi connectivity index (χ0v) is 15.1. The van der Waals surface area contributed by atoms with E-state index in [-0.39, 0.29) is 16.7 Å². The second-order valence-corrected chi connectivity index (χ2v) is 7.44. The SMILES string of the molecule is Cc1ccc(Sc2ncnc(NC3CCCCCC3)c2[N+](=O)[O-])cc1. The summed E-state index contributed by atoms with van der Waals surface area (Å²) in [5.74, 6) is 0.335. The van der Waals surface area contributed by atoms with Gasteiger partial charge in [-0.2, -0.15) is 0 Å². The largest absolute Gasteiger partial charge is 0.361 e. The van der Waals surface area contributed by atoms with Crippen LogP contribution >= 0.6 is 11.8 Å². The van der Waals surface area contributed by atoms with E-state index in [2.05, 4.69) is 15.3 Å². The van der Waals surface area contributed by atoms with Crippen LogP contribution < -0.4 is 5.32 Å². The van der Waals surface area contributed by atoms with Crippen molar-refractivity contribution in [2.75, 3.05) is 5.32 Å². The topological polar surface area (TPSA) is 81.0 Å². The predicted molar refractivity (Wildman–Crippen MR) is 99.1 cm³/mol. The average Bonchev–Trinajstić information content (AvgIpc) is 2.85. The molecular formula is C18H22N4O2S. The van der Waals surface area contributed by atoms with Crippen molar-refractivity contribution in [3.63, 3.8) is 0 Å². The maximum atomic E-state index is 11.7. The Labute approximate surface area is 151 Å². The fourth-order valence-electron chi connectivity index (χ4n) is 3.04. The molecule has 1 saturated carbocycles. The van der Waals surface area contributed by atoms with Gasteiger partial charge >= 0.3 is 5.69 Å². The first-order valence-corrected chi connectivity index (χ1v) is 9.45. The van der Waals surface area contributed by atoms with E-state index < -0.39 is 0 Å². The van der Waals surface area contributed by atoms with Crippen LogP contribution in [-0.4, -0.2) is 20.9 Å². The van der Waals surface area contributed by atoms with Crippen LogP contribution in [-0.2, 0) is 0 Å². The van der Waals surface area contributed by atoms with Gasteiger partial charge in [-0.3, -0.25) is 10.1 Å². The number of hydrogen-bond acceptors (Lipinski definition) is 6. The van der Waals surface area contributed by atoms with Gasteiger partial charge in [0.1, 0.15) is 6.33 Å². The van der Waals surface area contributed by atoms with Crippen molar-refractivity contribution in [3.05, 3.63) is 46.3 Å². The van der Waals surface area contributed by atoms with E-state index in [4.69, 9.17) is 0 Å². The molecule has 0 unspecified atom stereocenters. The molecule has 1 aliphatic carbocycles. The summed E-state index contributed by atoms with van der Waals surface area (Å²) in [5, 5.41) is 15.3. The lowest BCUT2D eigenvalue weighted by Crippen LogP contribution is -2.20. The highest BCUT2D eigenvalue weighted by Crippen LogP contribution is 2.37. The van der Waals surface area contributed by atoms with Gasteiger partial charge < -0.3 is 5.32 Å². The number of hydrogen-bond donors (Lipinski definition) is 1. The fraction of sp³-hybridized carbons (Fsp3) is 0.444. The van der Waals surface area contributed by atoms with Gasteiger partial charge in [0.25, 0.3) is 0 Å². The summed E-state index contributed by atoms with van der Waals surface area (Å²) in [6, 6.07) is 8.11. The number of aryl methyl sites for hydroxylation is 1. The predicted octanol–water partition coefficient (Wildman–Crippen LogP) is 4.98. The van der Waals surface area contributed by atoms with Crippen LogP contribution in [0, 0.1) is 17.0 Å². The zero-order valence-electron chi connectivity index (χ0n) is 14.3. The van der Waals surface area contributed by atoms with Gasteiger partial charge in [-0.25, -0.2) is 9.97 Å². The van der Waals surface area contributed by atoms with Gasteiger partial charge in [0, 0.05) is 10.9 Å². The molecule has 2 aromatic rings. The molecule has 25 heavy (non-hydrogen) atoms. The lowest BCUT2D eigenvalue weighted by molar-refractivity contribution is -0.387. The fourth-order valence-corrected chi connectivity index (χ4v) is 3.91. The van der Waals surface area contributed by atoms with Crippen LogP contribution in [0.4, 0.5) is 11.5 Å².